The van der Waals surface area contributed by atoms with Crippen molar-refractivity contribution in [3.63, 3.8) is 0 Å². The summed E-state index contributed by atoms with van der Waals surface area (Å²) in [5.74, 6) is 0. The van der Waals surface area contributed by atoms with Gasteiger partial charge in [-0.1, -0.05) is 140 Å². The van der Waals surface area contributed by atoms with Crippen molar-refractivity contribution in [2.45, 2.75) is 187 Å². The fourth-order valence-corrected chi connectivity index (χ4v) is 6.07. The van der Waals surface area contributed by atoms with E-state index in [1.54, 1.807) is 0 Å². The molecule has 1 fully saturated rings. The summed E-state index contributed by atoms with van der Waals surface area (Å²) in [4.78, 5) is 2.58. The molecule has 0 N–H and O–H groups in total. The number of unbranched alkanes of at least 4 members (excludes halogenated alkanes) is 19. The Kier molecular flexibility index (Phi) is 32.7. The lowest BCUT2D eigenvalue weighted by Gasteiger charge is -2.24. The first-order chi connectivity index (χ1) is 21.9. The van der Waals surface area contributed by atoms with Crippen LogP contribution < -0.4 is 0 Å². The molecular formula is C41H77NO2. The van der Waals surface area contributed by atoms with E-state index < -0.39 is 0 Å². The summed E-state index contributed by atoms with van der Waals surface area (Å²) >= 11 is 0. The van der Waals surface area contributed by atoms with Gasteiger partial charge in [-0.2, -0.15) is 0 Å². The number of rotatable bonds is 34. The first kappa shape index (κ1) is 41.1. The van der Waals surface area contributed by atoms with Crippen LogP contribution in [0.25, 0.3) is 0 Å². The Balaban J connectivity index is 1.96. The van der Waals surface area contributed by atoms with Crippen LogP contribution in [-0.4, -0.2) is 50.5 Å². The number of likely N-dealkylation sites (tertiary alicyclic amines) is 1. The summed E-state index contributed by atoms with van der Waals surface area (Å²) in [5.41, 5.74) is 0. The van der Waals surface area contributed by atoms with Gasteiger partial charge < -0.3 is 14.4 Å². The maximum atomic E-state index is 6.36. The maximum Gasteiger partial charge on any atom is 0.0934 e. The molecule has 0 saturated carbocycles. The summed E-state index contributed by atoms with van der Waals surface area (Å²) in [6.45, 7) is 10.6. The molecular weight excluding hydrogens is 538 g/mol. The highest BCUT2D eigenvalue weighted by molar-refractivity contribution is 4.92. The standard InChI is InChI=1S/C41H77NO2/c1-3-5-7-9-11-13-15-17-19-20-22-24-26-28-30-34-38-44-41(39-42-35-31-32-36-42)40-43-37-33-29-27-25-23-21-18-16-14-12-10-8-6-4-2/h8,10,14,16-17,19,41H,3-7,9,11-13,15,18,20-40H2,1-2H3/b10-8-,16-14+,19-17-. The van der Waals surface area contributed by atoms with Crippen molar-refractivity contribution in [1.82, 2.24) is 4.90 Å². The second kappa shape index (κ2) is 35.0. The van der Waals surface area contributed by atoms with Gasteiger partial charge in [0.15, 0.2) is 0 Å². The van der Waals surface area contributed by atoms with E-state index in [1.807, 2.05) is 0 Å². The van der Waals surface area contributed by atoms with Crippen molar-refractivity contribution in [3.05, 3.63) is 36.5 Å². The van der Waals surface area contributed by atoms with Gasteiger partial charge in [0, 0.05) is 19.8 Å². The van der Waals surface area contributed by atoms with Crippen molar-refractivity contribution in [2.24, 2.45) is 0 Å². The highest BCUT2D eigenvalue weighted by Gasteiger charge is 2.18. The molecule has 0 aromatic heterocycles. The smallest absolute Gasteiger partial charge is 0.0934 e. The Morgan fingerprint density at radius 3 is 1.55 bits per heavy atom. The third-order valence-corrected chi connectivity index (χ3v) is 8.94. The Morgan fingerprint density at radius 2 is 0.977 bits per heavy atom. The minimum atomic E-state index is 0.242. The number of nitrogens with zero attached hydrogens (tertiary/aromatic N) is 1. The summed E-state index contributed by atoms with van der Waals surface area (Å²) in [6.07, 6.45) is 48.7. The molecule has 1 heterocycles. The maximum absolute atomic E-state index is 6.36. The Labute approximate surface area is 276 Å². The lowest BCUT2D eigenvalue weighted by molar-refractivity contribution is -0.0316. The third-order valence-electron chi connectivity index (χ3n) is 8.94. The second-order valence-electron chi connectivity index (χ2n) is 13.4. The van der Waals surface area contributed by atoms with Crippen molar-refractivity contribution in [1.29, 1.82) is 0 Å². The molecule has 0 aliphatic carbocycles. The normalized spacial score (nSPS) is 15.1. The summed E-state index contributed by atoms with van der Waals surface area (Å²) in [5, 5.41) is 0. The van der Waals surface area contributed by atoms with Crippen molar-refractivity contribution in [2.75, 3.05) is 39.5 Å². The molecule has 44 heavy (non-hydrogen) atoms. The molecule has 0 aromatic rings. The Morgan fingerprint density at radius 1 is 0.500 bits per heavy atom. The van der Waals surface area contributed by atoms with Gasteiger partial charge >= 0.3 is 0 Å². The van der Waals surface area contributed by atoms with E-state index in [9.17, 15) is 0 Å². The topological polar surface area (TPSA) is 21.7 Å². The van der Waals surface area contributed by atoms with E-state index in [2.05, 4.69) is 55.2 Å². The predicted molar refractivity (Wildman–Crippen MR) is 196 cm³/mol. The van der Waals surface area contributed by atoms with Gasteiger partial charge in [0.25, 0.3) is 0 Å². The molecule has 3 nitrogen and oxygen atoms in total. The lowest BCUT2D eigenvalue weighted by Crippen LogP contribution is -2.35. The zero-order valence-electron chi connectivity index (χ0n) is 29.9. The van der Waals surface area contributed by atoms with Gasteiger partial charge in [-0.15, -0.1) is 0 Å². The largest absolute Gasteiger partial charge is 0.379 e. The molecule has 0 amide bonds. The highest BCUT2D eigenvalue weighted by Crippen LogP contribution is 2.13. The third kappa shape index (κ3) is 29.8. The van der Waals surface area contributed by atoms with E-state index >= 15 is 0 Å². The molecule has 1 rings (SSSR count). The monoisotopic (exact) mass is 616 g/mol. The van der Waals surface area contributed by atoms with E-state index in [4.69, 9.17) is 9.47 Å². The molecule has 0 spiro atoms. The van der Waals surface area contributed by atoms with Crippen LogP contribution in [0.5, 0.6) is 0 Å². The molecule has 3 heteroatoms. The Bertz CT molecular complexity index is 637. The quantitative estimate of drug-likeness (QED) is 0.0531. The predicted octanol–water partition coefficient (Wildman–Crippen LogP) is 12.6. The van der Waals surface area contributed by atoms with Gasteiger partial charge in [-0.05, 0) is 90.1 Å². The van der Waals surface area contributed by atoms with Gasteiger partial charge in [0.05, 0.1) is 12.7 Å². The van der Waals surface area contributed by atoms with Gasteiger partial charge in [-0.25, -0.2) is 0 Å². The van der Waals surface area contributed by atoms with Crippen LogP contribution in [0.15, 0.2) is 36.5 Å². The zero-order valence-corrected chi connectivity index (χ0v) is 29.9. The summed E-state index contributed by atoms with van der Waals surface area (Å²) in [6, 6.07) is 0. The van der Waals surface area contributed by atoms with Crippen LogP contribution in [0.3, 0.4) is 0 Å². The number of hydrogen-bond donors (Lipinski definition) is 0. The number of ether oxygens (including phenoxy) is 2. The molecule has 1 saturated heterocycles. The van der Waals surface area contributed by atoms with Crippen molar-refractivity contribution in [3.8, 4) is 0 Å². The van der Waals surface area contributed by atoms with Gasteiger partial charge in [0.2, 0.25) is 0 Å². The zero-order chi connectivity index (χ0) is 31.4. The van der Waals surface area contributed by atoms with Crippen LogP contribution in [0.1, 0.15) is 181 Å². The van der Waals surface area contributed by atoms with Crippen LogP contribution in [-0.2, 0) is 9.47 Å². The van der Waals surface area contributed by atoms with Crippen molar-refractivity contribution >= 4 is 0 Å². The summed E-state index contributed by atoms with van der Waals surface area (Å²) in [7, 11) is 0. The average molecular weight is 616 g/mol. The number of allylic oxidation sites excluding steroid dienone is 6. The van der Waals surface area contributed by atoms with Crippen LogP contribution in [0.4, 0.5) is 0 Å². The first-order valence-electron chi connectivity index (χ1n) is 19.7. The van der Waals surface area contributed by atoms with Crippen LogP contribution in [0.2, 0.25) is 0 Å². The Hall–Kier alpha value is -0.900. The molecule has 1 aliphatic heterocycles. The van der Waals surface area contributed by atoms with E-state index in [0.29, 0.717) is 0 Å². The number of hydrogen-bond acceptors (Lipinski definition) is 3. The first-order valence-corrected chi connectivity index (χ1v) is 19.7. The van der Waals surface area contributed by atoms with Gasteiger partial charge in [-0.3, -0.25) is 0 Å². The fraction of sp³-hybridized carbons (Fsp3) is 0.854. The summed E-state index contributed by atoms with van der Waals surface area (Å²) < 4.78 is 12.5. The van der Waals surface area contributed by atoms with Crippen LogP contribution >= 0.6 is 0 Å². The second-order valence-corrected chi connectivity index (χ2v) is 13.4. The van der Waals surface area contributed by atoms with Crippen molar-refractivity contribution < 1.29 is 9.47 Å². The van der Waals surface area contributed by atoms with E-state index in [1.165, 1.54) is 174 Å². The van der Waals surface area contributed by atoms with Crippen LogP contribution in [0, 0.1) is 0 Å². The van der Waals surface area contributed by atoms with E-state index in [0.717, 1.165) is 32.8 Å². The molecule has 0 radical (unpaired) electrons. The molecule has 1 unspecified atom stereocenters. The van der Waals surface area contributed by atoms with Gasteiger partial charge in [0.1, 0.15) is 0 Å². The highest BCUT2D eigenvalue weighted by atomic mass is 16.5. The minimum Gasteiger partial charge on any atom is -0.379 e. The molecule has 0 bridgehead atoms. The lowest BCUT2D eigenvalue weighted by atomic mass is 10.1. The molecule has 1 aliphatic rings. The minimum absolute atomic E-state index is 0.242. The average Bonchev–Trinajstić information content (AvgIpc) is 3.55. The SMILES string of the molecule is CCC/C=C\C/C=C/CCCCCCCCOCC(CN1CCCC1)OCCCCCCCC/C=C\CCCCCCCC. The molecule has 0 aromatic carbocycles. The fourth-order valence-electron chi connectivity index (χ4n) is 6.07. The molecule has 1 atom stereocenters. The molecule has 258 valence electrons. The van der Waals surface area contributed by atoms with E-state index in [-0.39, 0.29) is 6.10 Å².